The average Bonchev–Trinajstić information content (AvgIpc) is 2.88. The third kappa shape index (κ3) is 4.12. The lowest BCUT2D eigenvalue weighted by molar-refractivity contribution is 0.116. The molecule has 2 atom stereocenters. The number of anilines is 1. The van der Waals surface area contributed by atoms with Gasteiger partial charge < -0.3 is 20.1 Å². The van der Waals surface area contributed by atoms with E-state index in [0.717, 1.165) is 24.8 Å². The Morgan fingerprint density at radius 3 is 2.91 bits per heavy atom. The number of carbonyl (C=O) groups excluding carboxylic acids is 1. The van der Waals surface area contributed by atoms with Crippen LogP contribution in [-0.2, 0) is 11.3 Å². The molecule has 2 unspecified atom stereocenters. The highest BCUT2D eigenvalue weighted by Gasteiger charge is 2.27. The first kappa shape index (κ1) is 17.1. The van der Waals surface area contributed by atoms with Crippen molar-refractivity contribution in [1.29, 1.82) is 0 Å². The number of nitrogens with one attached hydrogen (secondary N) is 1. The van der Waals surface area contributed by atoms with Crippen molar-refractivity contribution in [3.8, 4) is 0 Å². The smallest absolute Gasteiger partial charge is 0.321 e. The van der Waals surface area contributed by atoms with Gasteiger partial charge in [-0.15, -0.1) is 0 Å². The van der Waals surface area contributed by atoms with Gasteiger partial charge in [0, 0.05) is 42.9 Å². The van der Waals surface area contributed by atoms with Gasteiger partial charge in [-0.05, 0) is 25.0 Å². The lowest BCUT2D eigenvalue weighted by Gasteiger charge is -2.24. The van der Waals surface area contributed by atoms with Gasteiger partial charge in [0.1, 0.15) is 0 Å². The fourth-order valence-corrected chi connectivity index (χ4v) is 3.07. The van der Waals surface area contributed by atoms with Crippen molar-refractivity contribution in [2.24, 2.45) is 5.92 Å². The molecular formula is C16H23ClN2O3. The monoisotopic (exact) mass is 326 g/mol. The molecule has 5 nitrogen and oxygen atoms in total. The Morgan fingerprint density at radius 1 is 1.50 bits per heavy atom. The van der Waals surface area contributed by atoms with Crippen molar-refractivity contribution in [2.75, 3.05) is 26.0 Å². The summed E-state index contributed by atoms with van der Waals surface area (Å²) in [6.07, 6.45) is 2.51. The molecule has 1 aromatic carbocycles. The molecule has 2 rings (SSSR count). The number of halogens is 1. The minimum absolute atomic E-state index is 0.161. The first-order chi connectivity index (χ1) is 10.5. The Hall–Kier alpha value is -1.30. The molecular weight excluding hydrogens is 304 g/mol. The molecule has 0 heterocycles. The zero-order valence-corrected chi connectivity index (χ0v) is 13.8. The first-order valence-corrected chi connectivity index (χ1v) is 7.87. The molecule has 1 aliphatic rings. The maximum atomic E-state index is 12.3. The molecule has 1 saturated carbocycles. The Balaban J connectivity index is 2.00. The number of benzene rings is 1. The highest BCUT2D eigenvalue weighted by atomic mass is 35.5. The number of aliphatic hydroxyl groups excluding tert-OH is 1. The zero-order chi connectivity index (χ0) is 16.1. The van der Waals surface area contributed by atoms with Crippen LogP contribution in [-0.4, -0.2) is 42.8 Å². The number of carbonyl (C=O) groups is 1. The van der Waals surface area contributed by atoms with Crippen molar-refractivity contribution in [3.05, 3.63) is 28.8 Å². The topological polar surface area (TPSA) is 61.8 Å². The van der Waals surface area contributed by atoms with Gasteiger partial charge in [0.25, 0.3) is 0 Å². The number of methoxy groups -OCH3 is 1. The molecule has 0 radical (unpaired) electrons. The Bertz CT molecular complexity index is 524. The lowest BCUT2D eigenvalue weighted by Crippen LogP contribution is -2.37. The van der Waals surface area contributed by atoms with E-state index in [4.69, 9.17) is 16.3 Å². The van der Waals surface area contributed by atoms with Gasteiger partial charge in [0.15, 0.2) is 0 Å². The molecule has 0 aliphatic heterocycles. The molecule has 6 heteroatoms. The van der Waals surface area contributed by atoms with Crippen LogP contribution in [0.5, 0.6) is 0 Å². The fraction of sp³-hybridized carbons (Fsp3) is 0.562. The molecule has 22 heavy (non-hydrogen) atoms. The van der Waals surface area contributed by atoms with Crippen LogP contribution in [0.2, 0.25) is 5.02 Å². The molecule has 1 aromatic rings. The van der Waals surface area contributed by atoms with Crippen molar-refractivity contribution >= 4 is 23.3 Å². The summed E-state index contributed by atoms with van der Waals surface area (Å²) in [6.45, 7) is 0.882. The number of aliphatic hydroxyl groups is 1. The minimum Gasteiger partial charge on any atom is -0.393 e. The summed E-state index contributed by atoms with van der Waals surface area (Å²) in [5, 5.41) is 13.3. The van der Waals surface area contributed by atoms with E-state index in [9.17, 15) is 9.90 Å². The summed E-state index contributed by atoms with van der Waals surface area (Å²) in [5.41, 5.74) is 1.41. The van der Waals surface area contributed by atoms with Gasteiger partial charge in [-0.2, -0.15) is 0 Å². The van der Waals surface area contributed by atoms with E-state index >= 15 is 0 Å². The standard InChI is InChI=1S/C16H23ClN2O3/c1-19(9-11-5-3-8-15(11)20)16(21)18-14-7-4-6-13(17)12(14)10-22-2/h4,6-7,11,15,20H,3,5,8-10H2,1-2H3,(H,18,21). The van der Waals surface area contributed by atoms with Crippen LogP contribution >= 0.6 is 11.6 Å². The van der Waals surface area contributed by atoms with Crippen LogP contribution in [0.15, 0.2) is 18.2 Å². The van der Waals surface area contributed by atoms with Crippen molar-refractivity contribution in [1.82, 2.24) is 4.90 Å². The molecule has 122 valence electrons. The van der Waals surface area contributed by atoms with E-state index in [-0.39, 0.29) is 18.1 Å². The predicted molar refractivity (Wildman–Crippen MR) is 87.2 cm³/mol. The average molecular weight is 327 g/mol. The molecule has 2 N–H and O–H groups in total. The normalized spacial score (nSPS) is 20.9. The van der Waals surface area contributed by atoms with Crippen LogP contribution < -0.4 is 5.32 Å². The third-order valence-corrected chi connectivity index (χ3v) is 4.48. The van der Waals surface area contributed by atoms with E-state index in [1.54, 1.807) is 37.3 Å². The number of hydrogen-bond acceptors (Lipinski definition) is 3. The summed E-state index contributed by atoms with van der Waals surface area (Å²) >= 11 is 6.15. The van der Waals surface area contributed by atoms with E-state index in [2.05, 4.69) is 5.32 Å². The minimum atomic E-state index is -0.300. The van der Waals surface area contributed by atoms with Gasteiger partial charge in [0.2, 0.25) is 0 Å². The van der Waals surface area contributed by atoms with Crippen LogP contribution in [0.3, 0.4) is 0 Å². The summed E-state index contributed by atoms with van der Waals surface area (Å²) < 4.78 is 5.13. The van der Waals surface area contributed by atoms with Gasteiger partial charge in [-0.25, -0.2) is 4.79 Å². The highest BCUT2D eigenvalue weighted by molar-refractivity contribution is 6.31. The molecule has 0 spiro atoms. The molecule has 2 amide bonds. The third-order valence-electron chi connectivity index (χ3n) is 4.12. The van der Waals surface area contributed by atoms with Gasteiger partial charge in [0.05, 0.1) is 12.7 Å². The number of rotatable bonds is 5. The lowest BCUT2D eigenvalue weighted by atomic mass is 10.1. The zero-order valence-electron chi connectivity index (χ0n) is 13.0. The second-order valence-corrected chi connectivity index (χ2v) is 6.18. The van der Waals surface area contributed by atoms with Crippen LogP contribution in [0.1, 0.15) is 24.8 Å². The van der Waals surface area contributed by atoms with Crippen molar-refractivity contribution in [3.63, 3.8) is 0 Å². The van der Waals surface area contributed by atoms with Crippen LogP contribution in [0.4, 0.5) is 10.5 Å². The van der Waals surface area contributed by atoms with Gasteiger partial charge in [-0.3, -0.25) is 0 Å². The second-order valence-electron chi connectivity index (χ2n) is 5.77. The number of ether oxygens (including phenoxy) is 1. The second kappa shape index (κ2) is 7.81. The molecule has 1 fully saturated rings. The number of nitrogens with zero attached hydrogens (tertiary/aromatic N) is 1. The number of hydrogen-bond donors (Lipinski definition) is 2. The number of amides is 2. The Kier molecular flexibility index (Phi) is 6.06. The van der Waals surface area contributed by atoms with E-state index < -0.39 is 0 Å². The predicted octanol–water partition coefficient (Wildman–Crippen LogP) is 3.11. The van der Waals surface area contributed by atoms with E-state index in [1.165, 1.54) is 0 Å². The first-order valence-electron chi connectivity index (χ1n) is 7.49. The van der Waals surface area contributed by atoms with Crippen LogP contribution in [0, 0.1) is 5.92 Å². The number of urea groups is 1. The van der Waals surface area contributed by atoms with Gasteiger partial charge >= 0.3 is 6.03 Å². The molecule has 0 bridgehead atoms. The Morgan fingerprint density at radius 2 is 2.27 bits per heavy atom. The van der Waals surface area contributed by atoms with E-state index in [1.807, 2.05) is 0 Å². The van der Waals surface area contributed by atoms with Gasteiger partial charge in [-0.1, -0.05) is 24.1 Å². The summed E-state index contributed by atoms with van der Waals surface area (Å²) in [4.78, 5) is 13.9. The van der Waals surface area contributed by atoms with Crippen LogP contribution in [0.25, 0.3) is 0 Å². The Labute approximate surface area is 136 Å². The fourth-order valence-electron chi connectivity index (χ4n) is 2.84. The highest BCUT2D eigenvalue weighted by Crippen LogP contribution is 2.27. The SMILES string of the molecule is COCc1c(Cl)cccc1NC(=O)N(C)CC1CCCC1O. The molecule has 1 aliphatic carbocycles. The van der Waals surface area contributed by atoms with Crippen molar-refractivity contribution < 1.29 is 14.6 Å². The largest absolute Gasteiger partial charge is 0.393 e. The van der Waals surface area contributed by atoms with Crippen molar-refractivity contribution in [2.45, 2.75) is 32.0 Å². The van der Waals surface area contributed by atoms with E-state index in [0.29, 0.717) is 23.9 Å². The summed E-state index contributed by atoms with van der Waals surface area (Å²) in [6, 6.07) is 5.15. The maximum absolute atomic E-state index is 12.3. The summed E-state index contributed by atoms with van der Waals surface area (Å²) in [7, 11) is 3.32. The summed E-state index contributed by atoms with van der Waals surface area (Å²) in [5.74, 6) is 0.161. The quantitative estimate of drug-likeness (QED) is 0.874. The molecule has 0 aromatic heterocycles. The molecule has 0 saturated heterocycles. The maximum Gasteiger partial charge on any atom is 0.321 e.